The number of amides is 1. The summed E-state index contributed by atoms with van der Waals surface area (Å²) in [5.41, 5.74) is 0.294. The largest absolute Gasteiger partial charge is 0.496 e. The Hall–Kier alpha value is -1.95. The van der Waals surface area contributed by atoms with Crippen molar-refractivity contribution in [3.8, 4) is 5.75 Å². The maximum atomic E-state index is 13.5. The van der Waals surface area contributed by atoms with Gasteiger partial charge in [0.15, 0.2) is 0 Å². The topological polar surface area (TPSA) is 42.4 Å². The van der Waals surface area contributed by atoms with E-state index in [2.05, 4.69) is 11.9 Å². The monoisotopic (exact) mass is 334 g/mol. The molecule has 0 N–H and O–H groups in total. The molecule has 1 amide bonds. The van der Waals surface area contributed by atoms with Crippen LogP contribution in [0.25, 0.3) is 0 Å². The molecule has 0 atom stereocenters. The highest BCUT2D eigenvalue weighted by atomic mass is 32.1. The van der Waals surface area contributed by atoms with Gasteiger partial charge in [-0.2, -0.15) is 0 Å². The highest BCUT2D eigenvalue weighted by Crippen LogP contribution is 2.36. The second-order valence-corrected chi connectivity index (χ2v) is 6.93. The van der Waals surface area contributed by atoms with Gasteiger partial charge in [-0.15, -0.1) is 11.3 Å². The average Bonchev–Trinajstić information content (AvgIpc) is 3.10. The van der Waals surface area contributed by atoms with Crippen molar-refractivity contribution in [2.45, 2.75) is 25.2 Å². The molecule has 0 saturated carbocycles. The average molecular weight is 334 g/mol. The van der Waals surface area contributed by atoms with Gasteiger partial charge in [0, 0.05) is 30.1 Å². The van der Waals surface area contributed by atoms with Crippen LogP contribution in [0.5, 0.6) is 5.75 Å². The third-order valence-corrected chi connectivity index (χ3v) is 5.57. The quantitative estimate of drug-likeness (QED) is 0.863. The van der Waals surface area contributed by atoms with Crippen molar-refractivity contribution in [2.24, 2.45) is 0 Å². The number of methoxy groups -OCH3 is 1. The Balaban J connectivity index is 1.75. The molecule has 122 valence electrons. The Bertz CT molecular complexity index is 695. The predicted octanol–water partition coefficient (Wildman–Crippen LogP) is 3.48. The Morgan fingerprint density at radius 1 is 1.39 bits per heavy atom. The van der Waals surface area contributed by atoms with Crippen molar-refractivity contribution >= 4 is 17.2 Å². The molecule has 3 rings (SSSR count). The lowest BCUT2D eigenvalue weighted by molar-refractivity contribution is 0.0672. The second-order valence-electron chi connectivity index (χ2n) is 6.03. The smallest absolute Gasteiger partial charge is 0.257 e. The molecule has 1 fully saturated rings. The fourth-order valence-corrected chi connectivity index (χ4v) is 3.82. The van der Waals surface area contributed by atoms with Gasteiger partial charge in [0.2, 0.25) is 0 Å². The molecule has 0 bridgehead atoms. The number of benzene rings is 1. The SMILES string of the molecule is COc1ccc(F)cc1C(=O)N1CCC(C)(c2nccs2)CC1. The summed E-state index contributed by atoms with van der Waals surface area (Å²) < 4.78 is 18.7. The molecular formula is C17H19FN2O2S. The number of hydrogen-bond acceptors (Lipinski definition) is 4. The number of carbonyl (C=O) groups is 1. The maximum Gasteiger partial charge on any atom is 0.257 e. The molecule has 23 heavy (non-hydrogen) atoms. The summed E-state index contributed by atoms with van der Waals surface area (Å²) >= 11 is 1.66. The second kappa shape index (κ2) is 6.28. The Kier molecular flexibility index (Phi) is 4.35. The summed E-state index contributed by atoms with van der Waals surface area (Å²) in [5, 5.41) is 3.10. The number of ether oxygens (including phenoxy) is 1. The maximum absolute atomic E-state index is 13.5. The standard InChI is InChI=1S/C17H19FN2O2S/c1-17(16-19-7-10-23-16)5-8-20(9-6-17)15(21)13-11-12(18)3-4-14(13)22-2/h3-4,7,10-11H,5-6,8-9H2,1-2H3. The van der Waals surface area contributed by atoms with Gasteiger partial charge in [0.1, 0.15) is 11.6 Å². The number of likely N-dealkylation sites (tertiary alicyclic amines) is 1. The van der Waals surface area contributed by atoms with Crippen molar-refractivity contribution in [1.82, 2.24) is 9.88 Å². The minimum Gasteiger partial charge on any atom is -0.496 e. The first-order chi connectivity index (χ1) is 11.0. The van der Waals surface area contributed by atoms with Crippen LogP contribution in [-0.4, -0.2) is 36.0 Å². The zero-order valence-corrected chi connectivity index (χ0v) is 14.0. The molecular weight excluding hydrogens is 315 g/mol. The molecule has 0 aliphatic carbocycles. The number of rotatable bonds is 3. The lowest BCUT2D eigenvalue weighted by atomic mass is 9.81. The fourth-order valence-electron chi connectivity index (χ4n) is 2.96. The molecule has 1 aromatic heterocycles. The van der Waals surface area contributed by atoms with Crippen molar-refractivity contribution in [2.75, 3.05) is 20.2 Å². The molecule has 0 radical (unpaired) electrons. The molecule has 0 unspecified atom stereocenters. The predicted molar refractivity (Wildman–Crippen MR) is 87.6 cm³/mol. The van der Waals surface area contributed by atoms with Crippen LogP contribution in [-0.2, 0) is 5.41 Å². The summed E-state index contributed by atoms with van der Waals surface area (Å²) in [6.45, 7) is 3.46. The van der Waals surface area contributed by atoms with E-state index in [4.69, 9.17) is 4.74 Å². The molecule has 1 aromatic carbocycles. The number of thiazole rings is 1. The van der Waals surface area contributed by atoms with Gasteiger partial charge in [-0.3, -0.25) is 4.79 Å². The van der Waals surface area contributed by atoms with E-state index in [9.17, 15) is 9.18 Å². The van der Waals surface area contributed by atoms with E-state index in [1.807, 2.05) is 11.6 Å². The van der Waals surface area contributed by atoms with Gasteiger partial charge in [-0.25, -0.2) is 9.37 Å². The summed E-state index contributed by atoms with van der Waals surface area (Å²) in [5.74, 6) is -0.203. The molecule has 0 spiro atoms. The minimum absolute atomic E-state index is 0.0109. The molecule has 1 aliphatic heterocycles. The van der Waals surface area contributed by atoms with Gasteiger partial charge in [-0.1, -0.05) is 6.92 Å². The van der Waals surface area contributed by atoms with Crippen molar-refractivity contribution < 1.29 is 13.9 Å². The van der Waals surface area contributed by atoms with Crippen LogP contribution in [0.2, 0.25) is 0 Å². The van der Waals surface area contributed by atoms with Gasteiger partial charge < -0.3 is 9.64 Å². The number of hydrogen-bond donors (Lipinski definition) is 0. The van der Waals surface area contributed by atoms with Crippen molar-refractivity contribution in [3.05, 3.63) is 46.2 Å². The van der Waals surface area contributed by atoms with Crippen LogP contribution < -0.4 is 4.74 Å². The van der Waals surface area contributed by atoms with Crippen LogP contribution in [0.3, 0.4) is 0 Å². The van der Waals surface area contributed by atoms with Crippen LogP contribution in [0.4, 0.5) is 4.39 Å². The van der Waals surface area contributed by atoms with Gasteiger partial charge >= 0.3 is 0 Å². The zero-order chi connectivity index (χ0) is 16.4. The lowest BCUT2D eigenvalue weighted by Gasteiger charge is -2.38. The third kappa shape index (κ3) is 3.08. The number of carbonyl (C=O) groups excluding carboxylic acids is 1. The Morgan fingerprint density at radius 3 is 2.74 bits per heavy atom. The van der Waals surface area contributed by atoms with Gasteiger partial charge in [-0.05, 0) is 31.0 Å². The summed E-state index contributed by atoms with van der Waals surface area (Å²) in [4.78, 5) is 18.9. The first-order valence-electron chi connectivity index (χ1n) is 7.56. The van der Waals surface area contributed by atoms with E-state index in [0.29, 0.717) is 18.8 Å². The molecule has 1 aliphatic rings. The zero-order valence-electron chi connectivity index (χ0n) is 13.2. The van der Waals surface area contributed by atoms with Crippen LogP contribution in [0.1, 0.15) is 35.1 Å². The number of aromatic nitrogens is 1. The lowest BCUT2D eigenvalue weighted by Crippen LogP contribution is -2.44. The van der Waals surface area contributed by atoms with E-state index >= 15 is 0 Å². The van der Waals surface area contributed by atoms with Gasteiger partial charge in [0.05, 0.1) is 17.7 Å². The number of halogens is 1. The van der Waals surface area contributed by atoms with E-state index in [-0.39, 0.29) is 16.9 Å². The van der Waals surface area contributed by atoms with E-state index in [0.717, 1.165) is 17.8 Å². The third-order valence-electron chi connectivity index (χ3n) is 4.49. The Morgan fingerprint density at radius 2 is 2.13 bits per heavy atom. The Labute approximate surface area is 138 Å². The van der Waals surface area contributed by atoms with Crippen LogP contribution in [0.15, 0.2) is 29.8 Å². The molecule has 4 nitrogen and oxygen atoms in total. The summed E-state index contributed by atoms with van der Waals surface area (Å²) in [6, 6.07) is 4.04. The van der Waals surface area contributed by atoms with Crippen LogP contribution in [0, 0.1) is 5.82 Å². The van der Waals surface area contributed by atoms with Gasteiger partial charge in [0.25, 0.3) is 5.91 Å². The first kappa shape index (κ1) is 15.9. The summed E-state index contributed by atoms with van der Waals surface area (Å²) in [7, 11) is 1.49. The van der Waals surface area contributed by atoms with E-state index in [1.165, 1.54) is 25.3 Å². The minimum atomic E-state index is -0.432. The highest BCUT2D eigenvalue weighted by molar-refractivity contribution is 7.09. The van der Waals surface area contributed by atoms with E-state index < -0.39 is 5.82 Å². The highest BCUT2D eigenvalue weighted by Gasteiger charge is 2.35. The molecule has 2 heterocycles. The summed E-state index contributed by atoms with van der Waals surface area (Å²) in [6.07, 6.45) is 3.52. The molecule has 2 aromatic rings. The van der Waals surface area contributed by atoms with E-state index in [1.54, 1.807) is 16.2 Å². The first-order valence-corrected chi connectivity index (χ1v) is 8.44. The number of nitrogens with zero attached hydrogens (tertiary/aromatic N) is 2. The molecule has 1 saturated heterocycles. The fraction of sp³-hybridized carbons (Fsp3) is 0.412. The van der Waals surface area contributed by atoms with Crippen molar-refractivity contribution in [3.63, 3.8) is 0 Å². The van der Waals surface area contributed by atoms with Crippen LogP contribution >= 0.6 is 11.3 Å². The number of piperidine rings is 1. The molecule has 6 heteroatoms. The normalized spacial score (nSPS) is 17.1. The van der Waals surface area contributed by atoms with Crippen molar-refractivity contribution in [1.29, 1.82) is 0 Å².